The Bertz CT molecular complexity index is 343. The number of amides is 2. The molecule has 2 atom stereocenters. The second-order valence-corrected chi connectivity index (χ2v) is 4.74. The molecule has 0 aromatic heterocycles. The Hall–Kier alpha value is -0.920. The summed E-state index contributed by atoms with van der Waals surface area (Å²) in [5, 5.41) is 0. The first kappa shape index (κ1) is 14.1. The minimum Gasteiger partial charge on any atom is -0.352 e. The van der Waals surface area contributed by atoms with E-state index >= 15 is 0 Å². The summed E-state index contributed by atoms with van der Waals surface area (Å²) in [5.41, 5.74) is 5.10. The smallest absolute Gasteiger partial charge is 0.352 e. The van der Waals surface area contributed by atoms with Gasteiger partial charge >= 0.3 is 13.9 Å². The van der Waals surface area contributed by atoms with Crippen molar-refractivity contribution >= 4 is 13.9 Å². The van der Waals surface area contributed by atoms with Crippen LogP contribution in [0.3, 0.4) is 0 Å². The number of carbonyl (C=O) groups is 1. The maximum atomic E-state index is 11.0. The molecule has 1 fully saturated rings. The zero-order chi connectivity index (χ0) is 13.1. The van der Waals surface area contributed by atoms with Gasteiger partial charge in [0.25, 0.3) is 0 Å². The van der Waals surface area contributed by atoms with Gasteiger partial charge in [-0.15, -0.1) is 0 Å². The number of phosphoric acid groups is 1. The predicted octanol–water partition coefficient (Wildman–Crippen LogP) is 0.125. The molecule has 8 nitrogen and oxygen atoms in total. The lowest BCUT2D eigenvalue weighted by atomic mass is 10.2. The number of nitrogens with two attached hydrogens (primary N) is 1. The Balaban J connectivity index is 2.44. The van der Waals surface area contributed by atoms with Crippen LogP contribution in [0.4, 0.5) is 4.79 Å². The zero-order valence-corrected chi connectivity index (χ0v) is 9.95. The van der Waals surface area contributed by atoms with Crippen LogP contribution in [0.25, 0.3) is 0 Å². The fraction of sp³-hybridized carbons (Fsp3) is 0.625. The molecule has 0 saturated carbocycles. The van der Waals surface area contributed by atoms with Crippen molar-refractivity contribution < 1.29 is 28.4 Å². The molecular weight excluding hydrogens is 251 g/mol. The van der Waals surface area contributed by atoms with Crippen molar-refractivity contribution in [2.24, 2.45) is 5.73 Å². The summed E-state index contributed by atoms with van der Waals surface area (Å²) in [4.78, 5) is 29.1. The van der Waals surface area contributed by atoms with Crippen molar-refractivity contribution in [2.45, 2.75) is 25.2 Å². The number of rotatable bonds is 5. The van der Waals surface area contributed by atoms with Crippen molar-refractivity contribution in [1.29, 1.82) is 0 Å². The highest BCUT2D eigenvalue weighted by atomic mass is 31.2. The first-order valence-electron chi connectivity index (χ1n) is 4.89. The van der Waals surface area contributed by atoms with E-state index in [9.17, 15) is 9.36 Å². The lowest BCUT2D eigenvalue weighted by molar-refractivity contribution is -0.0344. The summed E-state index contributed by atoms with van der Waals surface area (Å²) in [7, 11) is -4.49. The fourth-order valence-electron chi connectivity index (χ4n) is 1.54. The zero-order valence-electron chi connectivity index (χ0n) is 9.06. The van der Waals surface area contributed by atoms with Crippen LogP contribution in [0.15, 0.2) is 12.8 Å². The van der Waals surface area contributed by atoms with Crippen LogP contribution in [0, 0.1) is 0 Å². The van der Waals surface area contributed by atoms with Crippen molar-refractivity contribution in [3.05, 3.63) is 12.8 Å². The van der Waals surface area contributed by atoms with Crippen LogP contribution in [0.2, 0.25) is 0 Å². The van der Waals surface area contributed by atoms with E-state index in [1.54, 1.807) is 0 Å². The summed E-state index contributed by atoms with van der Waals surface area (Å²) in [6, 6.07) is -0.693. The van der Waals surface area contributed by atoms with Gasteiger partial charge in [-0.1, -0.05) is 6.58 Å². The molecule has 17 heavy (non-hydrogen) atoms. The van der Waals surface area contributed by atoms with E-state index < -0.39 is 26.2 Å². The van der Waals surface area contributed by atoms with Gasteiger partial charge in [0.15, 0.2) is 0 Å². The maximum Gasteiger partial charge on any atom is 0.469 e. The number of primary amides is 1. The minimum absolute atomic E-state index is 0.232. The molecule has 1 saturated heterocycles. The first-order valence-corrected chi connectivity index (χ1v) is 6.42. The van der Waals surface area contributed by atoms with Crippen molar-refractivity contribution in [1.82, 2.24) is 4.90 Å². The molecule has 98 valence electrons. The second-order valence-electron chi connectivity index (χ2n) is 3.50. The lowest BCUT2D eigenvalue weighted by Crippen LogP contribution is -2.39. The molecule has 0 radical (unpaired) electrons. The van der Waals surface area contributed by atoms with E-state index in [4.69, 9.17) is 20.3 Å². The SMILES string of the molecule is C=CN(C(N)=O)[C@H]1CC[C@@H](COP(=O)(O)O)O1. The van der Waals surface area contributed by atoms with Gasteiger partial charge in [-0.25, -0.2) is 9.36 Å². The third-order valence-corrected chi connectivity index (χ3v) is 2.76. The Labute approximate surface area is 98.2 Å². The summed E-state index contributed by atoms with van der Waals surface area (Å²) in [6.45, 7) is 3.19. The topological polar surface area (TPSA) is 122 Å². The van der Waals surface area contributed by atoms with Gasteiger partial charge in [-0.2, -0.15) is 0 Å². The standard InChI is InChI=1S/C8H15N2O6P/c1-2-10(8(9)11)7-4-3-6(16-7)5-15-17(12,13)14/h2,6-7H,1,3-5H2,(H2,9,11)(H2,12,13,14)/t6-,7+/m0/s1. The largest absolute Gasteiger partial charge is 0.469 e. The lowest BCUT2D eigenvalue weighted by Gasteiger charge is -2.23. The van der Waals surface area contributed by atoms with Crippen LogP contribution in [-0.4, -0.2) is 39.7 Å². The van der Waals surface area contributed by atoms with Crippen molar-refractivity contribution in [3.63, 3.8) is 0 Å². The normalized spacial score (nSPS) is 24.6. The van der Waals surface area contributed by atoms with E-state index in [-0.39, 0.29) is 6.61 Å². The molecule has 9 heteroatoms. The summed E-state index contributed by atoms with van der Waals surface area (Å²) < 4.78 is 20.2. The number of carbonyl (C=O) groups excluding carboxylic acids is 1. The third kappa shape index (κ3) is 4.45. The molecule has 1 rings (SSSR count). The average Bonchev–Trinajstić information content (AvgIpc) is 2.63. The third-order valence-electron chi connectivity index (χ3n) is 2.28. The number of phosphoric ester groups is 1. The number of urea groups is 1. The van der Waals surface area contributed by atoms with E-state index in [2.05, 4.69) is 11.1 Å². The molecule has 0 unspecified atom stereocenters. The summed E-state index contributed by atoms with van der Waals surface area (Å²) in [6.07, 6.45) is 1.23. The number of nitrogens with zero attached hydrogens (tertiary/aromatic N) is 1. The first-order chi connectivity index (χ1) is 7.83. The van der Waals surface area contributed by atoms with Gasteiger partial charge in [-0.3, -0.25) is 9.42 Å². The Morgan fingerprint density at radius 3 is 2.76 bits per heavy atom. The average molecular weight is 266 g/mol. The van der Waals surface area contributed by atoms with E-state index in [0.29, 0.717) is 12.8 Å². The molecule has 1 aliphatic rings. The van der Waals surface area contributed by atoms with Gasteiger partial charge in [0.1, 0.15) is 6.23 Å². The van der Waals surface area contributed by atoms with Crippen LogP contribution < -0.4 is 5.73 Å². The molecule has 1 aliphatic heterocycles. The second kappa shape index (κ2) is 5.61. The quantitative estimate of drug-likeness (QED) is 0.607. The molecule has 2 amide bonds. The molecule has 0 bridgehead atoms. The molecular formula is C8H15N2O6P. The van der Waals surface area contributed by atoms with Gasteiger partial charge in [0, 0.05) is 6.20 Å². The van der Waals surface area contributed by atoms with Crippen LogP contribution >= 0.6 is 7.82 Å². The molecule has 0 aromatic carbocycles. The van der Waals surface area contributed by atoms with Gasteiger partial charge < -0.3 is 20.3 Å². The fourth-order valence-corrected chi connectivity index (χ4v) is 1.90. The minimum atomic E-state index is -4.49. The van der Waals surface area contributed by atoms with Crippen molar-refractivity contribution in [3.8, 4) is 0 Å². The van der Waals surface area contributed by atoms with Crippen LogP contribution in [-0.2, 0) is 13.8 Å². The van der Waals surface area contributed by atoms with E-state index in [0.717, 1.165) is 4.90 Å². The highest BCUT2D eigenvalue weighted by Crippen LogP contribution is 2.37. The Kier molecular flexibility index (Phi) is 4.67. The number of hydrogen-bond acceptors (Lipinski definition) is 4. The Morgan fingerprint density at radius 2 is 2.29 bits per heavy atom. The van der Waals surface area contributed by atoms with Crippen molar-refractivity contribution in [2.75, 3.05) is 6.61 Å². The molecule has 0 spiro atoms. The van der Waals surface area contributed by atoms with E-state index in [1.807, 2.05) is 0 Å². The van der Waals surface area contributed by atoms with E-state index in [1.165, 1.54) is 6.20 Å². The number of ether oxygens (including phenoxy) is 1. The molecule has 4 N–H and O–H groups in total. The maximum absolute atomic E-state index is 11.0. The van der Waals surface area contributed by atoms with Gasteiger partial charge in [-0.05, 0) is 12.8 Å². The summed E-state index contributed by atoms with van der Waals surface area (Å²) in [5.74, 6) is 0. The molecule has 0 aromatic rings. The molecule has 1 heterocycles. The highest BCUT2D eigenvalue weighted by Gasteiger charge is 2.32. The summed E-state index contributed by atoms with van der Waals surface area (Å²) >= 11 is 0. The van der Waals surface area contributed by atoms with Crippen LogP contribution in [0.1, 0.15) is 12.8 Å². The highest BCUT2D eigenvalue weighted by molar-refractivity contribution is 7.46. The predicted molar refractivity (Wildman–Crippen MR) is 57.5 cm³/mol. The van der Waals surface area contributed by atoms with Gasteiger partial charge in [0.05, 0.1) is 12.7 Å². The number of hydrogen-bond donors (Lipinski definition) is 3. The monoisotopic (exact) mass is 266 g/mol. The Morgan fingerprint density at radius 1 is 1.65 bits per heavy atom. The van der Waals surface area contributed by atoms with Gasteiger partial charge in [0.2, 0.25) is 0 Å². The van der Waals surface area contributed by atoms with Crippen LogP contribution in [0.5, 0.6) is 0 Å². The molecule has 0 aliphatic carbocycles.